The average molecular weight is 277 g/mol. The first-order valence-electron chi connectivity index (χ1n) is 7.56. The van der Waals surface area contributed by atoms with Gasteiger partial charge in [0.15, 0.2) is 0 Å². The van der Waals surface area contributed by atoms with Crippen molar-refractivity contribution in [2.24, 2.45) is 0 Å². The molecule has 2 fully saturated rings. The Hall–Kier alpha value is -1.26. The summed E-state index contributed by atoms with van der Waals surface area (Å²) in [5.74, 6) is 0.177. The molecule has 1 saturated heterocycles. The first kappa shape index (κ1) is 13.7. The zero-order valence-electron chi connectivity index (χ0n) is 12.0. The molecular formula is C16H23NO3. The molecule has 2 aliphatic rings. The van der Waals surface area contributed by atoms with E-state index in [4.69, 9.17) is 4.74 Å². The van der Waals surface area contributed by atoms with Crippen LogP contribution in [0.5, 0.6) is 5.75 Å². The standard InChI is InChI=1S/C16H23NO3/c1-11(18)13-7-6-12(10-15(13)19)17-8-9-20-16-5-3-2-4-14(16)17/h6-7,10-11,14,16,18-19H,2-5,8-9H2,1H3. The van der Waals surface area contributed by atoms with E-state index in [9.17, 15) is 10.2 Å². The summed E-state index contributed by atoms with van der Waals surface area (Å²) in [7, 11) is 0. The molecule has 0 bridgehead atoms. The van der Waals surface area contributed by atoms with Gasteiger partial charge >= 0.3 is 0 Å². The third kappa shape index (κ3) is 2.50. The second-order valence-corrected chi connectivity index (χ2v) is 5.87. The van der Waals surface area contributed by atoms with E-state index < -0.39 is 6.10 Å². The number of aliphatic hydroxyl groups excluding tert-OH is 1. The highest BCUT2D eigenvalue weighted by Crippen LogP contribution is 2.35. The third-order valence-electron chi connectivity index (χ3n) is 4.53. The van der Waals surface area contributed by atoms with Gasteiger partial charge in [0.1, 0.15) is 5.75 Å². The van der Waals surface area contributed by atoms with Crippen LogP contribution >= 0.6 is 0 Å². The molecule has 4 nitrogen and oxygen atoms in total. The third-order valence-corrected chi connectivity index (χ3v) is 4.53. The van der Waals surface area contributed by atoms with Gasteiger partial charge in [0.05, 0.1) is 24.9 Å². The van der Waals surface area contributed by atoms with E-state index in [2.05, 4.69) is 4.90 Å². The number of benzene rings is 1. The first-order chi connectivity index (χ1) is 9.66. The van der Waals surface area contributed by atoms with Gasteiger partial charge in [-0.25, -0.2) is 0 Å². The SMILES string of the molecule is CC(O)c1ccc(N2CCOC3CCCCC32)cc1O. The fraction of sp³-hybridized carbons (Fsp3) is 0.625. The van der Waals surface area contributed by atoms with Crippen molar-refractivity contribution in [2.45, 2.75) is 50.9 Å². The minimum atomic E-state index is -0.642. The second kappa shape index (κ2) is 5.62. The van der Waals surface area contributed by atoms with E-state index >= 15 is 0 Å². The predicted octanol–water partition coefficient (Wildman–Crippen LogP) is 2.59. The van der Waals surface area contributed by atoms with Gasteiger partial charge in [-0.2, -0.15) is 0 Å². The topological polar surface area (TPSA) is 52.9 Å². The molecular weight excluding hydrogens is 254 g/mol. The number of phenolic OH excluding ortho intramolecular Hbond substituents is 1. The molecule has 110 valence electrons. The van der Waals surface area contributed by atoms with E-state index in [0.29, 0.717) is 17.7 Å². The first-order valence-corrected chi connectivity index (χ1v) is 7.56. The zero-order chi connectivity index (χ0) is 14.1. The highest BCUT2D eigenvalue weighted by Gasteiger charge is 2.34. The van der Waals surface area contributed by atoms with Crippen LogP contribution in [0.3, 0.4) is 0 Å². The number of aliphatic hydroxyl groups is 1. The summed E-state index contributed by atoms with van der Waals surface area (Å²) in [6.45, 7) is 3.29. The molecule has 20 heavy (non-hydrogen) atoms. The van der Waals surface area contributed by atoms with Gasteiger partial charge < -0.3 is 19.8 Å². The van der Waals surface area contributed by atoms with Crippen molar-refractivity contribution in [2.75, 3.05) is 18.1 Å². The molecule has 0 amide bonds. The number of hydrogen-bond acceptors (Lipinski definition) is 4. The van der Waals surface area contributed by atoms with E-state index in [1.807, 2.05) is 12.1 Å². The van der Waals surface area contributed by atoms with Gasteiger partial charge in [-0.1, -0.05) is 18.9 Å². The lowest BCUT2D eigenvalue weighted by atomic mass is 9.89. The summed E-state index contributed by atoms with van der Waals surface area (Å²) < 4.78 is 5.88. The maximum atomic E-state index is 10.1. The number of morpholine rings is 1. The lowest BCUT2D eigenvalue weighted by Gasteiger charge is -2.45. The summed E-state index contributed by atoms with van der Waals surface area (Å²) in [6, 6.07) is 6.02. The molecule has 1 aliphatic heterocycles. The molecule has 1 aliphatic carbocycles. The molecule has 1 saturated carbocycles. The fourth-order valence-corrected chi connectivity index (χ4v) is 3.48. The van der Waals surface area contributed by atoms with E-state index in [1.165, 1.54) is 12.8 Å². The van der Waals surface area contributed by atoms with E-state index in [-0.39, 0.29) is 5.75 Å². The van der Waals surface area contributed by atoms with Crippen molar-refractivity contribution in [1.82, 2.24) is 0 Å². The monoisotopic (exact) mass is 277 g/mol. The van der Waals surface area contributed by atoms with Crippen LogP contribution < -0.4 is 4.90 Å². The van der Waals surface area contributed by atoms with Crippen LogP contribution in [-0.4, -0.2) is 35.5 Å². The van der Waals surface area contributed by atoms with Crippen LogP contribution in [0.4, 0.5) is 5.69 Å². The van der Waals surface area contributed by atoms with E-state index in [0.717, 1.165) is 31.7 Å². The Morgan fingerprint density at radius 2 is 2.10 bits per heavy atom. The Labute approximate surface area is 120 Å². The normalized spacial score (nSPS) is 28.0. The molecule has 0 spiro atoms. The molecule has 1 aromatic carbocycles. The molecule has 3 unspecified atom stereocenters. The minimum absolute atomic E-state index is 0.177. The number of aromatic hydroxyl groups is 1. The van der Waals surface area contributed by atoms with Crippen LogP contribution in [-0.2, 0) is 4.74 Å². The number of anilines is 1. The molecule has 1 heterocycles. The maximum absolute atomic E-state index is 10.1. The number of hydrogen-bond donors (Lipinski definition) is 2. The Morgan fingerprint density at radius 3 is 2.85 bits per heavy atom. The van der Waals surface area contributed by atoms with Gasteiger partial charge in [0.25, 0.3) is 0 Å². The Morgan fingerprint density at radius 1 is 1.30 bits per heavy atom. The molecule has 0 radical (unpaired) electrons. The van der Waals surface area contributed by atoms with Crippen molar-refractivity contribution < 1.29 is 14.9 Å². The number of nitrogens with zero attached hydrogens (tertiary/aromatic N) is 1. The van der Waals surface area contributed by atoms with Crippen molar-refractivity contribution in [1.29, 1.82) is 0 Å². The van der Waals surface area contributed by atoms with Crippen molar-refractivity contribution in [3.05, 3.63) is 23.8 Å². The van der Waals surface area contributed by atoms with Gasteiger partial charge in [-0.15, -0.1) is 0 Å². The largest absolute Gasteiger partial charge is 0.507 e. The summed E-state index contributed by atoms with van der Waals surface area (Å²) in [6.07, 6.45) is 4.48. The van der Waals surface area contributed by atoms with Crippen LogP contribution in [0.2, 0.25) is 0 Å². The molecule has 0 aromatic heterocycles. The maximum Gasteiger partial charge on any atom is 0.123 e. The smallest absolute Gasteiger partial charge is 0.123 e. The van der Waals surface area contributed by atoms with Crippen molar-refractivity contribution in [3.8, 4) is 5.75 Å². The van der Waals surface area contributed by atoms with E-state index in [1.54, 1.807) is 13.0 Å². The summed E-state index contributed by atoms with van der Waals surface area (Å²) in [5.41, 5.74) is 1.62. The highest BCUT2D eigenvalue weighted by molar-refractivity contribution is 5.55. The van der Waals surface area contributed by atoms with Gasteiger partial charge in [-0.05, 0) is 25.8 Å². The van der Waals surface area contributed by atoms with Crippen molar-refractivity contribution >= 4 is 5.69 Å². The Bertz CT molecular complexity index is 473. The zero-order valence-corrected chi connectivity index (χ0v) is 12.0. The highest BCUT2D eigenvalue weighted by atomic mass is 16.5. The van der Waals surface area contributed by atoms with Crippen LogP contribution in [0.15, 0.2) is 18.2 Å². The number of rotatable bonds is 2. The number of ether oxygens (including phenoxy) is 1. The average Bonchev–Trinajstić information content (AvgIpc) is 2.46. The lowest BCUT2D eigenvalue weighted by molar-refractivity contribution is -0.00869. The summed E-state index contributed by atoms with van der Waals surface area (Å²) >= 11 is 0. The van der Waals surface area contributed by atoms with Gasteiger partial charge in [-0.3, -0.25) is 0 Å². The second-order valence-electron chi connectivity index (χ2n) is 5.87. The summed E-state index contributed by atoms with van der Waals surface area (Å²) in [4.78, 5) is 2.36. The fourth-order valence-electron chi connectivity index (χ4n) is 3.48. The van der Waals surface area contributed by atoms with Gasteiger partial charge in [0.2, 0.25) is 0 Å². The molecule has 2 N–H and O–H groups in total. The predicted molar refractivity (Wildman–Crippen MR) is 78.1 cm³/mol. The number of phenols is 1. The quantitative estimate of drug-likeness (QED) is 0.872. The Balaban J connectivity index is 1.85. The molecule has 1 aromatic rings. The molecule has 4 heteroatoms. The van der Waals surface area contributed by atoms with Crippen LogP contribution in [0, 0.1) is 0 Å². The molecule has 3 atom stereocenters. The molecule has 3 rings (SSSR count). The summed E-state index contributed by atoms with van der Waals surface area (Å²) in [5, 5.41) is 19.7. The minimum Gasteiger partial charge on any atom is -0.507 e. The Kier molecular flexibility index (Phi) is 3.85. The lowest BCUT2D eigenvalue weighted by Crippen LogP contribution is -2.52. The van der Waals surface area contributed by atoms with Crippen LogP contribution in [0.1, 0.15) is 44.3 Å². The number of fused-ring (bicyclic) bond motifs is 1. The van der Waals surface area contributed by atoms with Crippen molar-refractivity contribution in [3.63, 3.8) is 0 Å². The van der Waals surface area contributed by atoms with Crippen LogP contribution in [0.25, 0.3) is 0 Å². The van der Waals surface area contributed by atoms with Gasteiger partial charge in [0, 0.05) is 23.9 Å².